The molecule has 3 heterocycles. The van der Waals surface area contributed by atoms with Gasteiger partial charge in [-0.3, -0.25) is 14.6 Å². The summed E-state index contributed by atoms with van der Waals surface area (Å²) in [5.74, 6) is 0.711. The van der Waals surface area contributed by atoms with Gasteiger partial charge in [-0.1, -0.05) is 36.8 Å². The first-order valence-corrected chi connectivity index (χ1v) is 13.2. The molecule has 1 saturated heterocycles. The van der Waals surface area contributed by atoms with E-state index in [0.717, 1.165) is 46.4 Å². The smallest absolute Gasteiger partial charge is 0.328 e. The molecule has 2 atom stereocenters. The van der Waals surface area contributed by atoms with Gasteiger partial charge in [-0.15, -0.1) is 0 Å². The number of fused-ring (bicyclic) bond motifs is 4. The predicted molar refractivity (Wildman–Crippen MR) is 139 cm³/mol. The molecule has 7 heteroatoms. The molecule has 2 fully saturated rings. The van der Waals surface area contributed by atoms with Crippen molar-refractivity contribution in [3.63, 3.8) is 0 Å². The minimum atomic E-state index is -0.942. The Hall–Kier alpha value is -3.32. The maximum absolute atomic E-state index is 13.9. The summed E-state index contributed by atoms with van der Waals surface area (Å²) < 4.78 is 5.78. The summed E-state index contributed by atoms with van der Waals surface area (Å²) in [5, 5.41) is 4.60. The van der Waals surface area contributed by atoms with Crippen LogP contribution in [0, 0.1) is 0 Å². The van der Waals surface area contributed by atoms with Gasteiger partial charge in [0.25, 0.3) is 5.91 Å². The molecular formula is C29H34N4O3. The van der Waals surface area contributed by atoms with Gasteiger partial charge in [0, 0.05) is 35.6 Å². The first kappa shape index (κ1) is 23.1. The van der Waals surface area contributed by atoms with E-state index >= 15 is 0 Å². The van der Waals surface area contributed by atoms with Crippen LogP contribution < -0.4 is 10.1 Å². The van der Waals surface area contributed by atoms with Gasteiger partial charge < -0.3 is 15.0 Å². The number of hydrogen-bond acceptors (Lipinski definition) is 4. The first-order chi connectivity index (χ1) is 17.5. The highest BCUT2D eigenvalue weighted by molar-refractivity contribution is 6.08. The van der Waals surface area contributed by atoms with E-state index in [1.54, 1.807) is 0 Å². The molecule has 3 aliphatic rings. The number of urea groups is 1. The zero-order chi connectivity index (χ0) is 24.9. The van der Waals surface area contributed by atoms with Crippen LogP contribution in [0.25, 0.3) is 10.9 Å². The summed E-state index contributed by atoms with van der Waals surface area (Å²) >= 11 is 0. The fourth-order valence-corrected chi connectivity index (χ4v) is 6.08. The zero-order valence-electron chi connectivity index (χ0n) is 21.0. The third kappa shape index (κ3) is 3.60. The van der Waals surface area contributed by atoms with Gasteiger partial charge in [0.2, 0.25) is 0 Å². The minimum Gasteiger partial charge on any atom is -0.494 e. The summed E-state index contributed by atoms with van der Waals surface area (Å²) in [6, 6.07) is 16.1. The Balaban J connectivity index is 1.38. The lowest BCUT2D eigenvalue weighted by atomic mass is 9.81. The van der Waals surface area contributed by atoms with Crippen LogP contribution in [-0.2, 0) is 11.2 Å². The van der Waals surface area contributed by atoms with E-state index in [9.17, 15) is 9.59 Å². The summed E-state index contributed by atoms with van der Waals surface area (Å²) in [6.45, 7) is 5.76. The highest BCUT2D eigenvalue weighted by atomic mass is 16.5. The van der Waals surface area contributed by atoms with Gasteiger partial charge in [0.1, 0.15) is 17.3 Å². The molecule has 3 aromatic rings. The van der Waals surface area contributed by atoms with Crippen molar-refractivity contribution in [1.82, 2.24) is 20.1 Å². The summed E-state index contributed by atoms with van der Waals surface area (Å²) in [7, 11) is 0. The molecule has 0 spiro atoms. The largest absolute Gasteiger partial charge is 0.494 e. The second-order valence-electron chi connectivity index (χ2n) is 10.5. The molecule has 2 N–H and O–H groups in total. The Morgan fingerprint density at radius 1 is 1.14 bits per heavy atom. The normalized spacial score (nSPS) is 23.7. The summed E-state index contributed by atoms with van der Waals surface area (Å²) in [5.41, 5.74) is 3.12. The Labute approximate surface area is 211 Å². The molecule has 2 aromatic carbocycles. The van der Waals surface area contributed by atoms with E-state index in [-0.39, 0.29) is 18.0 Å². The van der Waals surface area contributed by atoms with Crippen LogP contribution in [-0.4, -0.2) is 58.0 Å². The SMILES string of the molecule is CCOc1ccc2[nH]c3c(c2c1)CC1(C)C(=O)N(CCCNC2CCC2)C(=O)N1C3c1ccccc1. The molecule has 188 valence electrons. The third-order valence-electron chi connectivity index (χ3n) is 8.16. The van der Waals surface area contributed by atoms with E-state index < -0.39 is 5.54 Å². The number of imide groups is 1. The number of benzene rings is 2. The van der Waals surface area contributed by atoms with Crippen molar-refractivity contribution in [1.29, 1.82) is 0 Å². The van der Waals surface area contributed by atoms with E-state index in [0.29, 0.717) is 25.6 Å². The number of carbonyl (C=O) groups excluding carboxylic acids is 2. The molecule has 1 saturated carbocycles. The molecule has 1 aromatic heterocycles. The number of nitrogens with one attached hydrogen (secondary N) is 2. The van der Waals surface area contributed by atoms with Gasteiger partial charge >= 0.3 is 6.03 Å². The van der Waals surface area contributed by atoms with Crippen molar-refractivity contribution in [2.24, 2.45) is 0 Å². The molecule has 2 aliphatic heterocycles. The van der Waals surface area contributed by atoms with Gasteiger partial charge in [-0.25, -0.2) is 4.79 Å². The lowest BCUT2D eigenvalue weighted by molar-refractivity contribution is -0.133. The average Bonchev–Trinajstić information content (AvgIpc) is 3.29. The number of rotatable bonds is 8. The second kappa shape index (κ2) is 8.96. The molecule has 1 aliphatic carbocycles. The van der Waals surface area contributed by atoms with Crippen LogP contribution in [0.4, 0.5) is 4.79 Å². The first-order valence-electron chi connectivity index (χ1n) is 13.2. The van der Waals surface area contributed by atoms with E-state index in [1.165, 1.54) is 24.2 Å². The molecule has 0 radical (unpaired) electrons. The van der Waals surface area contributed by atoms with Crippen molar-refractivity contribution < 1.29 is 14.3 Å². The predicted octanol–water partition coefficient (Wildman–Crippen LogP) is 4.77. The lowest BCUT2D eigenvalue weighted by Gasteiger charge is -2.42. The maximum atomic E-state index is 13.9. The Kier molecular flexibility index (Phi) is 5.75. The molecule has 3 amide bonds. The molecule has 7 nitrogen and oxygen atoms in total. The number of carbonyl (C=O) groups is 2. The number of aromatic nitrogens is 1. The Morgan fingerprint density at radius 3 is 2.67 bits per heavy atom. The van der Waals surface area contributed by atoms with Crippen LogP contribution >= 0.6 is 0 Å². The summed E-state index contributed by atoms with van der Waals surface area (Å²) in [4.78, 5) is 34.7. The van der Waals surface area contributed by atoms with Gasteiger partial charge in [-0.05, 0) is 69.0 Å². The lowest BCUT2D eigenvalue weighted by Crippen LogP contribution is -2.53. The standard InChI is InChI=1S/C29H34N4O3/c1-3-36-21-13-14-24-22(17-21)23-18-29(2)27(34)32(16-8-15-30-20-11-7-12-20)28(35)33(29)26(25(23)31-24)19-9-5-4-6-10-19/h4-6,9-10,13-14,17,20,26,30-31H,3,7-8,11-12,15-16,18H2,1-2H3. The van der Waals surface area contributed by atoms with Crippen molar-refractivity contribution >= 4 is 22.8 Å². The van der Waals surface area contributed by atoms with Crippen molar-refractivity contribution in [3.8, 4) is 5.75 Å². The number of ether oxygens (including phenoxy) is 1. The fourth-order valence-electron chi connectivity index (χ4n) is 6.08. The fraction of sp³-hybridized carbons (Fsp3) is 0.448. The van der Waals surface area contributed by atoms with E-state index in [4.69, 9.17) is 4.74 Å². The van der Waals surface area contributed by atoms with Gasteiger partial charge in [-0.2, -0.15) is 0 Å². The van der Waals surface area contributed by atoms with Crippen molar-refractivity contribution in [2.75, 3.05) is 19.7 Å². The highest BCUT2D eigenvalue weighted by Crippen LogP contribution is 2.49. The van der Waals surface area contributed by atoms with Gasteiger partial charge in [0.05, 0.1) is 6.61 Å². The number of H-pyrrole nitrogens is 1. The third-order valence-corrected chi connectivity index (χ3v) is 8.16. The molecular weight excluding hydrogens is 452 g/mol. The Morgan fingerprint density at radius 2 is 1.94 bits per heavy atom. The average molecular weight is 487 g/mol. The van der Waals surface area contributed by atoms with Crippen molar-refractivity contribution in [3.05, 3.63) is 65.4 Å². The van der Waals surface area contributed by atoms with Gasteiger partial charge in [0.15, 0.2) is 0 Å². The van der Waals surface area contributed by atoms with Crippen LogP contribution in [0.3, 0.4) is 0 Å². The highest BCUT2D eigenvalue weighted by Gasteiger charge is 2.59. The molecule has 0 bridgehead atoms. The second-order valence-corrected chi connectivity index (χ2v) is 10.5. The van der Waals surface area contributed by atoms with E-state index in [1.807, 2.05) is 61.2 Å². The monoisotopic (exact) mass is 486 g/mol. The number of aromatic amines is 1. The van der Waals surface area contributed by atoms with Crippen molar-refractivity contribution in [2.45, 2.75) is 63.6 Å². The number of nitrogens with zero attached hydrogens (tertiary/aromatic N) is 2. The van der Waals surface area contributed by atoms with Crippen LogP contribution in [0.15, 0.2) is 48.5 Å². The number of hydrogen-bond donors (Lipinski definition) is 2. The Bertz CT molecular complexity index is 1300. The van der Waals surface area contributed by atoms with Crippen LogP contribution in [0.5, 0.6) is 5.75 Å². The summed E-state index contributed by atoms with van der Waals surface area (Å²) in [6.07, 6.45) is 4.98. The number of amides is 3. The quantitative estimate of drug-likeness (QED) is 0.355. The topological polar surface area (TPSA) is 77.7 Å². The zero-order valence-corrected chi connectivity index (χ0v) is 21.0. The van der Waals surface area contributed by atoms with Crippen LogP contribution in [0.2, 0.25) is 0 Å². The van der Waals surface area contributed by atoms with Crippen LogP contribution in [0.1, 0.15) is 62.4 Å². The van der Waals surface area contributed by atoms with E-state index in [2.05, 4.69) is 16.4 Å². The molecule has 2 unspecified atom stereocenters. The molecule has 6 rings (SSSR count). The molecule has 36 heavy (non-hydrogen) atoms. The minimum absolute atomic E-state index is 0.0990. The maximum Gasteiger partial charge on any atom is 0.328 e.